The highest BCUT2D eigenvalue weighted by molar-refractivity contribution is 5.48. The Kier molecular flexibility index (Phi) is 5.68. The van der Waals surface area contributed by atoms with Gasteiger partial charge >= 0.3 is 0 Å². The second-order valence-electron chi connectivity index (χ2n) is 5.79. The molecule has 0 amide bonds. The van der Waals surface area contributed by atoms with Gasteiger partial charge in [0, 0.05) is 18.7 Å². The lowest BCUT2D eigenvalue weighted by Gasteiger charge is -2.19. The molecule has 0 bridgehead atoms. The Morgan fingerprint density at radius 1 is 1.30 bits per heavy atom. The number of fused-ring (bicyclic) bond motifs is 1. The fourth-order valence-electron chi connectivity index (χ4n) is 2.69. The molecule has 0 saturated heterocycles. The summed E-state index contributed by atoms with van der Waals surface area (Å²) in [7, 11) is 0. The summed E-state index contributed by atoms with van der Waals surface area (Å²) in [5.41, 5.74) is 1.13. The number of rotatable bonds is 8. The van der Waals surface area contributed by atoms with Crippen LogP contribution in [-0.2, 0) is 6.54 Å². The van der Waals surface area contributed by atoms with Gasteiger partial charge in [-0.1, -0.05) is 26.0 Å². The van der Waals surface area contributed by atoms with Crippen molar-refractivity contribution in [3.05, 3.63) is 23.8 Å². The minimum atomic E-state index is 0.261. The van der Waals surface area contributed by atoms with Crippen LogP contribution in [0.1, 0.15) is 32.3 Å². The van der Waals surface area contributed by atoms with Crippen LogP contribution in [0.2, 0.25) is 0 Å². The highest BCUT2D eigenvalue weighted by atomic mass is 16.7. The van der Waals surface area contributed by atoms with Gasteiger partial charge in [0.1, 0.15) is 0 Å². The first kappa shape index (κ1) is 15.1. The van der Waals surface area contributed by atoms with Crippen LogP contribution >= 0.6 is 0 Å². The van der Waals surface area contributed by atoms with Crippen LogP contribution in [0.4, 0.5) is 0 Å². The molecule has 1 heterocycles. The topological polar surface area (TPSA) is 50.7 Å². The third-order valence-corrected chi connectivity index (χ3v) is 3.57. The monoisotopic (exact) mass is 279 g/mol. The smallest absolute Gasteiger partial charge is 0.231 e. The van der Waals surface area contributed by atoms with E-state index in [1.165, 1.54) is 0 Å². The molecule has 4 nitrogen and oxygen atoms in total. The summed E-state index contributed by atoms with van der Waals surface area (Å²) in [6.07, 6.45) is 2.00. The van der Waals surface area contributed by atoms with Crippen molar-refractivity contribution in [2.75, 3.05) is 19.9 Å². The molecule has 1 aliphatic rings. The Balaban J connectivity index is 1.84. The van der Waals surface area contributed by atoms with E-state index in [4.69, 9.17) is 14.6 Å². The van der Waals surface area contributed by atoms with Crippen LogP contribution in [0.15, 0.2) is 18.2 Å². The third kappa shape index (κ3) is 4.12. The molecule has 0 aliphatic carbocycles. The highest BCUT2D eigenvalue weighted by Crippen LogP contribution is 2.35. The summed E-state index contributed by atoms with van der Waals surface area (Å²) in [6, 6.07) is 5.98. The minimum absolute atomic E-state index is 0.261. The second-order valence-corrected chi connectivity index (χ2v) is 5.79. The molecule has 2 N–H and O–H groups in total. The third-order valence-electron chi connectivity index (χ3n) is 3.57. The van der Waals surface area contributed by atoms with Gasteiger partial charge in [0.15, 0.2) is 11.5 Å². The van der Waals surface area contributed by atoms with Gasteiger partial charge in [0.2, 0.25) is 6.79 Å². The average molecular weight is 279 g/mol. The van der Waals surface area contributed by atoms with Gasteiger partial charge in [-0.05, 0) is 37.3 Å². The van der Waals surface area contributed by atoms with Crippen LogP contribution < -0.4 is 14.8 Å². The average Bonchev–Trinajstić information content (AvgIpc) is 2.87. The molecule has 1 unspecified atom stereocenters. The Bertz CT molecular complexity index is 420. The van der Waals surface area contributed by atoms with Crippen molar-refractivity contribution in [1.29, 1.82) is 0 Å². The summed E-state index contributed by atoms with van der Waals surface area (Å²) in [5.74, 6) is 2.88. The van der Waals surface area contributed by atoms with Crippen molar-refractivity contribution in [3.8, 4) is 11.5 Å². The van der Waals surface area contributed by atoms with Gasteiger partial charge < -0.3 is 19.9 Å². The SMILES string of the molecule is CC(C)CC(CCO)CNCc1cccc2c1OCO2. The molecule has 2 rings (SSSR count). The molecule has 112 valence electrons. The van der Waals surface area contributed by atoms with Crippen molar-refractivity contribution in [2.24, 2.45) is 11.8 Å². The number of ether oxygens (including phenoxy) is 2. The van der Waals surface area contributed by atoms with Crippen molar-refractivity contribution in [3.63, 3.8) is 0 Å². The highest BCUT2D eigenvalue weighted by Gasteiger charge is 2.17. The minimum Gasteiger partial charge on any atom is -0.454 e. The number of para-hydroxylation sites is 1. The van der Waals surface area contributed by atoms with Crippen molar-refractivity contribution < 1.29 is 14.6 Å². The normalized spacial score (nSPS) is 14.8. The number of hydrogen-bond donors (Lipinski definition) is 2. The Morgan fingerprint density at radius 3 is 2.90 bits per heavy atom. The van der Waals surface area contributed by atoms with Crippen LogP contribution in [0.25, 0.3) is 0 Å². The largest absolute Gasteiger partial charge is 0.454 e. The van der Waals surface area contributed by atoms with Crippen molar-refractivity contribution in [2.45, 2.75) is 33.2 Å². The van der Waals surface area contributed by atoms with Crippen molar-refractivity contribution in [1.82, 2.24) is 5.32 Å². The molecule has 0 saturated carbocycles. The standard InChI is InChI=1S/C16H25NO3/c1-12(2)8-13(6-7-18)9-17-10-14-4-3-5-15-16(14)20-11-19-15/h3-5,12-13,17-18H,6-11H2,1-2H3. The quantitative estimate of drug-likeness (QED) is 0.768. The van der Waals surface area contributed by atoms with Gasteiger partial charge in [-0.3, -0.25) is 0 Å². The van der Waals surface area contributed by atoms with Crippen LogP contribution in [0.5, 0.6) is 11.5 Å². The van der Waals surface area contributed by atoms with Crippen LogP contribution in [-0.4, -0.2) is 25.1 Å². The maximum Gasteiger partial charge on any atom is 0.231 e. The van der Waals surface area contributed by atoms with E-state index < -0.39 is 0 Å². The van der Waals surface area contributed by atoms with Gasteiger partial charge in [0.25, 0.3) is 0 Å². The molecular formula is C16H25NO3. The van der Waals surface area contributed by atoms with Crippen LogP contribution in [0, 0.1) is 11.8 Å². The maximum absolute atomic E-state index is 9.13. The zero-order valence-corrected chi connectivity index (χ0v) is 12.4. The lowest BCUT2D eigenvalue weighted by atomic mass is 9.94. The van der Waals surface area contributed by atoms with Gasteiger partial charge in [-0.2, -0.15) is 0 Å². The first-order chi connectivity index (χ1) is 9.70. The molecular weight excluding hydrogens is 254 g/mol. The summed E-state index contributed by atoms with van der Waals surface area (Å²) >= 11 is 0. The van der Waals surface area contributed by atoms with E-state index in [-0.39, 0.29) is 6.61 Å². The van der Waals surface area contributed by atoms with Gasteiger partial charge in [-0.15, -0.1) is 0 Å². The van der Waals surface area contributed by atoms with E-state index in [0.29, 0.717) is 18.6 Å². The zero-order chi connectivity index (χ0) is 14.4. The molecule has 1 aliphatic heterocycles. The Hall–Kier alpha value is -1.26. The van der Waals surface area contributed by atoms with Gasteiger partial charge in [0.05, 0.1) is 0 Å². The number of aliphatic hydroxyl groups is 1. The number of aliphatic hydroxyl groups excluding tert-OH is 1. The lowest BCUT2D eigenvalue weighted by molar-refractivity contribution is 0.173. The van der Waals surface area contributed by atoms with Crippen molar-refractivity contribution >= 4 is 0 Å². The summed E-state index contributed by atoms with van der Waals surface area (Å²) in [4.78, 5) is 0. The molecule has 0 fully saturated rings. The van der Waals surface area contributed by atoms with E-state index in [1.54, 1.807) is 0 Å². The van der Waals surface area contributed by atoms with E-state index in [9.17, 15) is 0 Å². The van der Waals surface area contributed by atoms with E-state index in [1.807, 2.05) is 12.1 Å². The molecule has 20 heavy (non-hydrogen) atoms. The molecule has 4 heteroatoms. The molecule has 0 spiro atoms. The predicted octanol–water partition coefficient (Wildman–Crippen LogP) is 2.55. The van der Waals surface area contributed by atoms with Gasteiger partial charge in [-0.25, -0.2) is 0 Å². The molecule has 0 aromatic heterocycles. The first-order valence-electron chi connectivity index (χ1n) is 7.39. The summed E-state index contributed by atoms with van der Waals surface area (Å²) in [6.45, 7) is 6.71. The molecule has 1 aromatic rings. The fraction of sp³-hybridized carbons (Fsp3) is 0.625. The van der Waals surface area contributed by atoms with E-state index in [2.05, 4.69) is 25.2 Å². The second kappa shape index (κ2) is 7.50. The zero-order valence-electron chi connectivity index (χ0n) is 12.4. The Morgan fingerprint density at radius 2 is 2.15 bits per heavy atom. The first-order valence-corrected chi connectivity index (χ1v) is 7.39. The van der Waals surface area contributed by atoms with E-state index >= 15 is 0 Å². The lowest BCUT2D eigenvalue weighted by Crippen LogP contribution is -2.24. The molecule has 0 radical (unpaired) electrons. The predicted molar refractivity (Wildman–Crippen MR) is 78.9 cm³/mol. The fourth-order valence-corrected chi connectivity index (χ4v) is 2.69. The molecule has 1 atom stereocenters. The number of benzene rings is 1. The Labute approximate surface area is 121 Å². The summed E-state index contributed by atoms with van der Waals surface area (Å²) in [5, 5.41) is 12.6. The molecule has 1 aromatic carbocycles. The maximum atomic E-state index is 9.13. The van der Waals surface area contributed by atoms with E-state index in [0.717, 1.165) is 43.0 Å². The number of nitrogens with one attached hydrogen (secondary N) is 1. The number of hydrogen-bond acceptors (Lipinski definition) is 4. The van der Waals surface area contributed by atoms with Crippen LogP contribution in [0.3, 0.4) is 0 Å². The summed E-state index contributed by atoms with van der Waals surface area (Å²) < 4.78 is 10.9.